The van der Waals surface area contributed by atoms with E-state index in [0.717, 1.165) is 30.6 Å². The molecule has 0 aromatic heterocycles. The average Bonchev–Trinajstić information content (AvgIpc) is 3.15. The van der Waals surface area contributed by atoms with Crippen molar-refractivity contribution in [3.8, 4) is 0 Å². The predicted molar refractivity (Wildman–Crippen MR) is 68.0 cm³/mol. The van der Waals surface area contributed by atoms with E-state index < -0.39 is 0 Å². The second kappa shape index (κ2) is 5.61. The molecule has 1 aliphatic carbocycles. The van der Waals surface area contributed by atoms with Gasteiger partial charge in [-0.2, -0.15) is 0 Å². The van der Waals surface area contributed by atoms with Crippen molar-refractivity contribution in [2.45, 2.75) is 45.3 Å². The third-order valence-corrected chi connectivity index (χ3v) is 3.29. The molecule has 0 bridgehead atoms. The minimum absolute atomic E-state index is 0.107. The molecule has 2 rings (SSSR count). The van der Waals surface area contributed by atoms with Gasteiger partial charge in [0.1, 0.15) is 5.82 Å². The third kappa shape index (κ3) is 3.27. The Morgan fingerprint density at radius 1 is 1.41 bits per heavy atom. The van der Waals surface area contributed by atoms with Crippen molar-refractivity contribution in [2.24, 2.45) is 5.73 Å². The van der Waals surface area contributed by atoms with Crippen LogP contribution in [0.25, 0.3) is 0 Å². The first kappa shape index (κ1) is 12.5. The van der Waals surface area contributed by atoms with Gasteiger partial charge in [0.15, 0.2) is 0 Å². The summed E-state index contributed by atoms with van der Waals surface area (Å²) < 4.78 is 13.7. The molecule has 0 unspecified atom stereocenters. The summed E-state index contributed by atoms with van der Waals surface area (Å²) in [7, 11) is 0. The second-order valence-corrected chi connectivity index (χ2v) is 4.83. The number of nitrogens with two attached hydrogens (primary N) is 1. The highest BCUT2D eigenvalue weighted by molar-refractivity contribution is 5.25. The lowest BCUT2D eigenvalue weighted by atomic mass is 10.1. The van der Waals surface area contributed by atoms with E-state index in [4.69, 9.17) is 5.73 Å². The Morgan fingerprint density at radius 2 is 2.18 bits per heavy atom. The largest absolute Gasteiger partial charge is 0.326 e. The zero-order valence-electron chi connectivity index (χ0n) is 10.5. The molecular formula is C14H21FN2. The van der Waals surface area contributed by atoms with E-state index in [1.54, 1.807) is 6.07 Å². The zero-order chi connectivity index (χ0) is 12.3. The summed E-state index contributed by atoms with van der Waals surface area (Å²) >= 11 is 0. The van der Waals surface area contributed by atoms with E-state index in [1.165, 1.54) is 18.9 Å². The molecular weight excluding hydrogens is 215 g/mol. The number of hydrogen-bond donors (Lipinski definition) is 1. The van der Waals surface area contributed by atoms with Crippen molar-refractivity contribution in [3.05, 3.63) is 35.1 Å². The molecule has 0 radical (unpaired) electrons. The standard InChI is InChI=1S/C14H21FN2/c1-2-7-17(13-4-5-13)10-12-8-11(9-16)3-6-14(12)15/h3,6,8,13H,2,4-5,7,9-10,16H2,1H3. The molecule has 0 amide bonds. The number of hydrogen-bond acceptors (Lipinski definition) is 2. The van der Waals surface area contributed by atoms with Crippen LogP contribution in [0.3, 0.4) is 0 Å². The Bertz CT molecular complexity index is 374. The molecule has 0 atom stereocenters. The molecule has 0 heterocycles. The maximum Gasteiger partial charge on any atom is 0.127 e. The van der Waals surface area contributed by atoms with Gasteiger partial charge in [-0.3, -0.25) is 4.90 Å². The van der Waals surface area contributed by atoms with Gasteiger partial charge >= 0.3 is 0 Å². The fourth-order valence-corrected chi connectivity index (χ4v) is 2.21. The summed E-state index contributed by atoms with van der Waals surface area (Å²) in [5.41, 5.74) is 7.39. The Balaban J connectivity index is 2.09. The van der Waals surface area contributed by atoms with Gasteiger partial charge in [-0.1, -0.05) is 19.1 Å². The van der Waals surface area contributed by atoms with E-state index in [-0.39, 0.29) is 5.82 Å². The fraction of sp³-hybridized carbons (Fsp3) is 0.571. The topological polar surface area (TPSA) is 29.3 Å². The van der Waals surface area contributed by atoms with Crippen LogP contribution in [0.4, 0.5) is 4.39 Å². The molecule has 1 aromatic carbocycles. The Kier molecular flexibility index (Phi) is 4.13. The summed E-state index contributed by atoms with van der Waals surface area (Å²) in [6, 6.07) is 5.88. The molecule has 17 heavy (non-hydrogen) atoms. The molecule has 2 N–H and O–H groups in total. The summed E-state index contributed by atoms with van der Waals surface area (Å²) in [5.74, 6) is -0.107. The van der Waals surface area contributed by atoms with Crippen LogP contribution in [0.15, 0.2) is 18.2 Å². The summed E-state index contributed by atoms with van der Waals surface area (Å²) in [6.45, 7) is 4.42. The zero-order valence-corrected chi connectivity index (χ0v) is 10.5. The third-order valence-electron chi connectivity index (χ3n) is 3.29. The van der Waals surface area contributed by atoms with Crippen LogP contribution >= 0.6 is 0 Å². The first-order valence-electron chi connectivity index (χ1n) is 6.46. The van der Waals surface area contributed by atoms with Crippen molar-refractivity contribution in [3.63, 3.8) is 0 Å². The highest BCUT2D eigenvalue weighted by Gasteiger charge is 2.28. The van der Waals surface area contributed by atoms with Gasteiger partial charge in [-0.15, -0.1) is 0 Å². The smallest absolute Gasteiger partial charge is 0.127 e. The van der Waals surface area contributed by atoms with Crippen molar-refractivity contribution in [2.75, 3.05) is 6.54 Å². The second-order valence-electron chi connectivity index (χ2n) is 4.83. The fourth-order valence-electron chi connectivity index (χ4n) is 2.21. The van der Waals surface area contributed by atoms with Gasteiger partial charge in [0.05, 0.1) is 0 Å². The quantitative estimate of drug-likeness (QED) is 0.822. The van der Waals surface area contributed by atoms with Crippen LogP contribution in [0, 0.1) is 5.82 Å². The molecule has 0 saturated heterocycles. The van der Waals surface area contributed by atoms with Crippen LogP contribution in [0.1, 0.15) is 37.3 Å². The Labute approximate surface area is 103 Å². The number of rotatable bonds is 6. The monoisotopic (exact) mass is 236 g/mol. The Hall–Kier alpha value is -0.930. The van der Waals surface area contributed by atoms with Crippen molar-refractivity contribution >= 4 is 0 Å². The maximum absolute atomic E-state index is 13.7. The van der Waals surface area contributed by atoms with Crippen molar-refractivity contribution in [1.82, 2.24) is 4.90 Å². The highest BCUT2D eigenvalue weighted by atomic mass is 19.1. The van der Waals surface area contributed by atoms with Crippen LogP contribution in [0.5, 0.6) is 0 Å². The number of nitrogens with zero attached hydrogens (tertiary/aromatic N) is 1. The number of benzene rings is 1. The molecule has 1 aliphatic rings. The van der Waals surface area contributed by atoms with Gasteiger partial charge < -0.3 is 5.73 Å². The van der Waals surface area contributed by atoms with E-state index in [2.05, 4.69) is 11.8 Å². The minimum atomic E-state index is -0.107. The lowest BCUT2D eigenvalue weighted by Crippen LogP contribution is -2.26. The van der Waals surface area contributed by atoms with Crippen LogP contribution in [-0.4, -0.2) is 17.5 Å². The number of halogens is 1. The highest BCUT2D eigenvalue weighted by Crippen LogP contribution is 2.29. The molecule has 0 spiro atoms. The lowest BCUT2D eigenvalue weighted by molar-refractivity contribution is 0.251. The molecule has 94 valence electrons. The first-order valence-corrected chi connectivity index (χ1v) is 6.46. The molecule has 0 aliphatic heterocycles. The van der Waals surface area contributed by atoms with E-state index >= 15 is 0 Å². The maximum atomic E-state index is 13.7. The summed E-state index contributed by atoms with van der Waals surface area (Å²) in [6.07, 6.45) is 3.64. The summed E-state index contributed by atoms with van der Waals surface area (Å²) in [4.78, 5) is 2.39. The normalized spacial score (nSPS) is 15.5. The SMILES string of the molecule is CCCN(Cc1cc(CN)ccc1F)C1CC1. The molecule has 1 fully saturated rings. The van der Waals surface area contributed by atoms with Gasteiger partial charge in [-0.25, -0.2) is 4.39 Å². The molecule has 1 saturated carbocycles. The molecule has 1 aromatic rings. The Morgan fingerprint density at radius 3 is 2.76 bits per heavy atom. The van der Waals surface area contributed by atoms with E-state index in [9.17, 15) is 4.39 Å². The van der Waals surface area contributed by atoms with Gasteiger partial charge in [0, 0.05) is 24.7 Å². The van der Waals surface area contributed by atoms with Gasteiger partial charge in [0.2, 0.25) is 0 Å². The van der Waals surface area contributed by atoms with Crippen LogP contribution < -0.4 is 5.73 Å². The van der Waals surface area contributed by atoms with Crippen molar-refractivity contribution < 1.29 is 4.39 Å². The molecule has 2 nitrogen and oxygen atoms in total. The predicted octanol–water partition coefficient (Wildman–Crippen LogP) is 2.66. The van der Waals surface area contributed by atoms with Gasteiger partial charge in [-0.05, 0) is 37.4 Å². The van der Waals surface area contributed by atoms with Crippen LogP contribution in [-0.2, 0) is 13.1 Å². The van der Waals surface area contributed by atoms with E-state index in [0.29, 0.717) is 12.6 Å². The van der Waals surface area contributed by atoms with Crippen LogP contribution in [0.2, 0.25) is 0 Å². The molecule has 3 heteroatoms. The summed E-state index contributed by atoms with van der Waals surface area (Å²) in [5, 5.41) is 0. The first-order chi connectivity index (χ1) is 8.24. The minimum Gasteiger partial charge on any atom is -0.326 e. The average molecular weight is 236 g/mol. The van der Waals surface area contributed by atoms with Gasteiger partial charge in [0.25, 0.3) is 0 Å². The lowest BCUT2D eigenvalue weighted by Gasteiger charge is -2.21. The van der Waals surface area contributed by atoms with Crippen molar-refractivity contribution in [1.29, 1.82) is 0 Å². The van der Waals surface area contributed by atoms with E-state index in [1.807, 2.05) is 6.07 Å².